The van der Waals surface area contributed by atoms with Crippen LogP contribution in [0.5, 0.6) is 0 Å². The molecule has 1 aliphatic rings. The van der Waals surface area contributed by atoms with Gasteiger partial charge in [0, 0.05) is 5.88 Å². The van der Waals surface area contributed by atoms with Gasteiger partial charge < -0.3 is 0 Å². The molecule has 0 aliphatic heterocycles. The lowest BCUT2D eigenvalue weighted by molar-refractivity contribution is 0.648. The molecule has 2 rings (SSSR count). The second-order valence-electron chi connectivity index (χ2n) is 4.77. The lowest BCUT2D eigenvalue weighted by Gasteiger charge is -2.17. The SMILES string of the molecule is CC(CCl)Cc1ccc2c(c1)CCCC2. The minimum Gasteiger partial charge on any atom is -0.126 e. The van der Waals surface area contributed by atoms with E-state index in [1.54, 1.807) is 11.1 Å². The first-order chi connectivity index (χ1) is 7.29. The summed E-state index contributed by atoms with van der Waals surface area (Å²) in [4.78, 5) is 0. The molecule has 1 heteroatoms. The number of aryl methyl sites for hydroxylation is 2. The third-order valence-corrected chi connectivity index (χ3v) is 3.79. The van der Waals surface area contributed by atoms with Crippen LogP contribution in [0.3, 0.4) is 0 Å². The third-order valence-electron chi connectivity index (χ3n) is 3.26. The van der Waals surface area contributed by atoms with E-state index < -0.39 is 0 Å². The van der Waals surface area contributed by atoms with E-state index in [0.717, 1.165) is 12.3 Å². The monoisotopic (exact) mass is 222 g/mol. The van der Waals surface area contributed by atoms with Crippen molar-refractivity contribution in [3.05, 3.63) is 34.9 Å². The Labute approximate surface area is 97.6 Å². The second kappa shape index (κ2) is 5.03. The van der Waals surface area contributed by atoms with Crippen LogP contribution in [0.15, 0.2) is 18.2 Å². The standard InChI is InChI=1S/C14H19Cl/c1-11(10-15)8-12-6-7-13-4-2-3-5-14(13)9-12/h6-7,9,11H,2-5,8,10H2,1H3. The summed E-state index contributed by atoms with van der Waals surface area (Å²) < 4.78 is 0. The fourth-order valence-electron chi connectivity index (χ4n) is 2.37. The van der Waals surface area contributed by atoms with Gasteiger partial charge in [0.2, 0.25) is 0 Å². The van der Waals surface area contributed by atoms with Gasteiger partial charge in [-0.2, -0.15) is 0 Å². The summed E-state index contributed by atoms with van der Waals surface area (Å²) in [7, 11) is 0. The van der Waals surface area contributed by atoms with E-state index >= 15 is 0 Å². The van der Waals surface area contributed by atoms with Gasteiger partial charge in [-0.25, -0.2) is 0 Å². The van der Waals surface area contributed by atoms with E-state index in [4.69, 9.17) is 11.6 Å². The molecule has 1 aliphatic carbocycles. The normalized spacial score (nSPS) is 17.2. The molecule has 0 saturated heterocycles. The summed E-state index contributed by atoms with van der Waals surface area (Å²) in [6, 6.07) is 7.01. The minimum atomic E-state index is 0.591. The first-order valence-corrected chi connectivity index (χ1v) is 6.49. The topological polar surface area (TPSA) is 0 Å². The van der Waals surface area contributed by atoms with Crippen LogP contribution < -0.4 is 0 Å². The third kappa shape index (κ3) is 2.75. The average molecular weight is 223 g/mol. The fourth-order valence-corrected chi connectivity index (χ4v) is 2.48. The van der Waals surface area contributed by atoms with Crippen LogP contribution in [0, 0.1) is 5.92 Å². The smallest absolute Gasteiger partial charge is 0.0252 e. The highest BCUT2D eigenvalue weighted by Gasteiger charge is 2.10. The van der Waals surface area contributed by atoms with Crippen LogP contribution in [-0.2, 0) is 19.3 Å². The van der Waals surface area contributed by atoms with E-state index in [0.29, 0.717) is 5.92 Å². The highest BCUT2D eigenvalue weighted by atomic mass is 35.5. The highest BCUT2D eigenvalue weighted by molar-refractivity contribution is 6.18. The zero-order valence-corrected chi connectivity index (χ0v) is 10.2. The van der Waals surface area contributed by atoms with E-state index in [-0.39, 0.29) is 0 Å². The number of fused-ring (bicyclic) bond motifs is 1. The zero-order chi connectivity index (χ0) is 10.7. The number of benzene rings is 1. The molecule has 1 aromatic rings. The predicted molar refractivity (Wildman–Crippen MR) is 66.7 cm³/mol. The number of alkyl halides is 1. The molecule has 0 nitrogen and oxygen atoms in total. The minimum absolute atomic E-state index is 0.591. The summed E-state index contributed by atoms with van der Waals surface area (Å²) in [6.07, 6.45) is 6.40. The fraction of sp³-hybridized carbons (Fsp3) is 0.571. The number of hydrogen-bond donors (Lipinski definition) is 0. The molecule has 0 fully saturated rings. The predicted octanol–water partition coefficient (Wildman–Crippen LogP) is 3.98. The Kier molecular flexibility index (Phi) is 3.69. The van der Waals surface area contributed by atoms with E-state index in [1.165, 1.54) is 31.2 Å². The molecule has 0 spiro atoms. The lowest BCUT2D eigenvalue weighted by atomic mass is 9.89. The quantitative estimate of drug-likeness (QED) is 0.679. The van der Waals surface area contributed by atoms with Crippen LogP contribution in [0.2, 0.25) is 0 Å². The van der Waals surface area contributed by atoms with Gasteiger partial charge in [0.15, 0.2) is 0 Å². The summed E-state index contributed by atoms with van der Waals surface area (Å²) in [5.41, 5.74) is 4.62. The van der Waals surface area contributed by atoms with Crippen molar-refractivity contribution in [1.29, 1.82) is 0 Å². The van der Waals surface area contributed by atoms with Crippen molar-refractivity contribution in [3.63, 3.8) is 0 Å². The van der Waals surface area contributed by atoms with Gasteiger partial charge in [-0.1, -0.05) is 25.1 Å². The van der Waals surface area contributed by atoms with Gasteiger partial charge in [-0.15, -0.1) is 11.6 Å². The summed E-state index contributed by atoms with van der Waals surface area (Å²) in [5.74, 6) is 1.35. The first-order valence-electron chi connectivity index (χ1n) is 5.96. The largest absolute Gasteiger partial charge is 0.126 e. The molecule has 0 radical (unpaired) electrons. The number of rotatable bonds is 3. The van der Waals surface area contributed by atoms with E-state index in [9.17, 15) is 0 Å². The Morgan fingerprint density at radius 2 is 1.93 bits per heavy atom. The van der Waals surface area contributed by atoms with Crippen LogP contribution in [0.1, 0.15) is 36.5 Å². The van der Waals surface area contributed by atoms with Crippen molar-refractivity contribution < 1.29 is 0 Å². The number of hydrogen-bond acceptors (Lipinski definition) is 0. The molecule has 1 aromatic carbocycles. The van der Waals surface area contributed by atoms with E-state index in [2.05, 4.69) is 25.1 Å². The van der Waals surface area contributed by atoms with Gasteiger partial charge >= 0.3 is 0 Å². The molecule has 0 amide bonds. The highest BCUT2D eigenvalue weighted by Crippen LogP contribution is 2.23. The van der Waals surface area contributed by atoms with Gasteiger partial charge in [-0.05, 0) is 54.7 Å². The number of halogens is 1. The molecule has 1 unspecified atom stereocenters. The lowest BCUT2D eigenvalue weighted by Crippen LogP contribution is -2.06. The molecule has 0 heterocycles. The van der Waals surface area contributed by atoms with Gasteiger partial charge in [0.1, 0.15) is 0 Å². The van der Waals surface area contributed by atoms with Crippen LogP contribution in [0.25, 0.3) is 0 Å². The summed E-state index contributed by atoms with van der Waals surface area (Å²) >= 11 is 5.85. The summed E-state index contributed by atoms with van der Waals surface area (Å²) in [6.45, 7) is 2.21. The molecule has 15 heavy (non-hydrogen) atoms. The Balaban J connectivity index is 2.13. The molecule has 0 N–H and O–H groups in total. The van der Waals surface area contributed by atoms with Crippen molar-refractivity contribution in [2.24, 2.45) is 5.92 Å². The van der Waals surface area contributed by atoms with Crippen molar-refractivity contribution in [3.8, 4) is 0 Å². The molecule has 1 atom stereocenters. The Morgan fingerprint density at radius 1 is 1.20 bits per heavy atom. The molecule has 0 aromatic heterocycles. The Hall–Kier alpha value is -0.490. The molecule has 0 bridgehead atoms. The molecular formula is C14H19Cl. The van der Waals surface area contributed by atoms with Gasteiger partial charge in [0.05, 0.1) is 0 Å². The van der Waals surface area contributed by atoms with E-state index in [1.807, 2.05) is 0 Å². The van der Waals surface area contributed by atoms with Crippen LogP contribution in [-0.4, -0.2) is 5.88 Å². The maximum atomic E-state index is 5.85. The Bertz CT molecular complexity index is 330. The molecular weight excluding hydrogens is 204 g/mol. The summed E-state index contributed by atoms with van der Waals surface area (Å²) in [5, 5.41) is 0. The van der Waals surface area contributed by atoms with Crippen molar-refractivity contribution in [2.45, 2.75) is 39.0 Å². The second-order valence-corrected chi connectivity index (χ2v) is 5.08. The molecule has 0 saturated carbocycles. The van der Waals surface area contributed by atoms with Crippen LogP contribution >= 0.6 is 11.6 Å². The van der Waals surface area contributed by atoms with Gasteiger partial charge in [-0.3, -0.25) is 0 Å². The Morgan fingerprint density at radius 3 is 2.67 bits per heavy atom. The zero-order valence-electron chi connectivity index (χ0n) is 9.43. The maximum Gasteiger partial charge on any atom is 0.0252 e. The van der Waals surface area contributed by atoms with Crippen molar-refractivity contribution in [1.82, 2.24) is 0 Å². The average Bonchev–Trinajstić information content (AvgIpc) is 2.29. The van der Waals surface area contributed by atoms with Crippen LogP contribution in [0.4, 0.5) is 0 Å². The maximum absolute atomic E-state index is 5.85. The van der Waals surface area contributed by atoms with Gasteiger partial charge in [0.25, 0.3) is 0 Å². The molecule has 82 valence electrons. The van der Waals surface area contributed by atoms with Crippen molar-refractivity contribution >= 4 is 11.6 Å². The first kappa shape index (κ1) is 11.0. The van der Waals surface area contributed by atoms with Crippen molar-refractivity contribution in [2.75, 3.05) is 5.88 Å².